The van der Waals surface area contributed by atoms with Gasteiger partial charge in [-0.05, 0) is 11.6 Å². The van der Waals surface area contributed by atoms with E-state index in [1.165, 1.54) is 13.0 Å². The maximum atomic E-state index is 10.6. The minimum atomic E-state index is -0.735. The van der Waals surface area contributed by atoms with Crippen molar-refractivity contribution in [2.24, 2.45) is 0 Å². The molecule has 0 unspecified atom stereocenters. The second-order valence-electron chi connectivity index (χ2n) is 1.91. The van der Waals surface area contributed by atoms with Gasteiger partial charge in [-0.1, -0.05) is 5.16 Å². The highest BCUT2D eigenvalue weighted by Gasteiger charge is 2.11. The fourth-order valence-corrected chi connectivity index (χ4v) is 0.623. The van der Waals surface area contributed by atoms with Crippen molar-refractivity contribution in [2.75, 3.05) is 0 Å². The molecule has 5 heteroatoms. The third-order valence-electron chi connectivity index (χ3n) is 1.06. The zero-order valence-electron chi connectivity index (χ0n) is 5.63. The zero-order chi connectivity index (χ0) is 8.43. The quantitative estimate of drug-likeness (QED) is 0.499. The van der Waals surface area contributed by atoms with Crippen molar-refractivity contribution in [3.63, 3.8) is 0 Å². The summed E-state index contributed by atoms with van der Waals surface area (Å²) in [7, 11) is 0. The van der Waals surface area contributed by atoms with Gasteiger partial charge in [0.25, 0.3) is 5.24 Å². The largest absolute Gasteiger partial charge is 0.352 e. The van der Waals surface area contributed by atoms with E-state index in [4.69, 9.17) is 11.6 Å². The fraction of sp³-hybridized carbons (Fsp3) is 0.167. The lowest BCUT2D eigenvalue weighted by molar-refractivity contribution is 0.0975. The number of ketones is 1. The minimum Gasteiger partial charge on any atom is -0.352 e. The van der Waals surface area contributed by atoms with Gasteiger partial charge in [0.15, 0.2) is 11.5 Å². The molecule has 0 N–H and O–H groups in total. The van der Waals surface area contributed by atoms with Crippen LogP contribution in [0.4, 0.5) is 0 Å². The van der Waals surface area contributed by atoms with Crippen molar-refractivity contribution >= 4 is 22.6 Å². The van der Waals surface area contributed by atoms with Gasteiger partial charge in [-0.25, -0.2) is 0 Å². The maximum absolute atomic E-state index is 10.6. The summed E-state index contributed by atoms with van der Waals surface area (Å²) in [5.74, 6) is -0.254. The number of hydrogen-bond acceptors (Lipinski definition) is 4. The molecule has 1 aromatic rings. The standard InChI is InChI=1S/C6H4ClNO3/c1-3(9)5-2-4(6(7)10)8-11-5/h2H,1H3. The van der Waals surface area contributed by atoms with E-state index >= 15 is 0 Å². The molecule has 0 radical (unpaired) electrons. The lowest BCUT2D eigenvalue weighted by Gasteiger charge is -1.77. The maximum Gasteiger partial charge on any atom is 0.274 e. The number of rotatable bonds is 2. The first-order valence-corrected chi connectivity index (χ1v) is 3.16. The molecule has 0 aliphatic heterocycles. The molecule has 58 valence electrons. The second-order valence-corrected chi connectivity index (χ2v) is 2.25. The number of Topliss-reactive ketones (excluding diaryl/α,β-unsaturated/α-hetero) is 1. The molecule has 4 nitrogen and oxygen atoms in total. The van der Waals surface area contributed by atoms with Crippen LogP contribution >= 0.6 is 11.6 Å². The molecule has 11 heavy (non-hydrogen) atoms. The van der Waals surface area contributed by atoms with E-state index < -0.39 is 5.24 Å². The lowest BCUT2D eigenvalue weighted by Crippen LogP contribution is -1.88. The predicted molar refractivity (Wildman–Crippen MR) is 36.7 cm³/mol. The summed E-state index contributed by atoms with van der Waals surface area (Å²) in [4.78, 5) is 21.0. The molecule has 0 aliphatic rings. The summed E-state index contributed by atoms with van der Waals surface area (Å²) in [5.41, 5.74) is -0.0446. The Balaban J connectivity index is 2.99. The Morgan fingerprint density at radius 2 is 2.27 bits per heavy atom. The van der Waals surface area contributed by atoms with Crippen LogP contribution in [0.15, 0.2) is 10.6 Å². The summed E-state index contributed by atoms with van der Waals surface area (Å²) < 4.78 is 4.48. The van der Waals surface area contributed by atoms with Crippen LogP contribution < -0.4 is 0 Å². The van der Waals surface area contributed by atoms with Crippen molar-refractivity contribution in [1.29, 1.82) is 0 Å². The SMILES string of the molecule is CC(=O)c1cc(C(=O)Cl)no1. The monoisotopic (exact) mass is 173 g/mol. The topological polar surface area (TPSA) is 60.2 Å². The molecule has 1 aromatic heterocycles. The normalized spacial score (nSPS) is 9.64. The van der Waals surface area contributed by atoms with Gasteiger partial charge in [0.05, 0.1) is 0 Å². The van der Waals surface area contributed by atoms with Crippen molar-refractivity contribution in [2.45, 2.75) is 6.92 Å². The molecule has 0 fully saturated rings. The number of hydrogen-bond donors (Lipinski definition) is 0. The number of halogens is 1. The Labute approximate surface area is 67.1 Å². The van der Waals surface area contributed by atoms with Gasteiger partial charge in [-0.2, -0.15) is 0 Å². The van der Waals surface area contributed by atoms with Crippen LogP contribution in [0.1, 0.15) is 28.0 Å². The molecule has 0 amide bonds. The first-order chi connectivity index (χ1) is 5.11. The van der Waals surface area contributed by atoms with Crippen molar-refractivity contribution < 1.29 is 14.1 Å². The smallest absolute Gasteiger partial charge is 0.274 e. The van der Waals surface area contributed by atoms with Gasteiger partial charge in [-0.3, -0.25) is 9.59 Å². The molecule has 0 bridgehead atoms. The van der Waals surface area contributed by atoms with E-state index in [1.807, 2.05) is 0 Å². The third kappa shape index (κ3) is 1.65. The van der Waals surface area contributed by atoms with Gasteiger partial charge in [0.2, 0.25) is 5.76 Å². The Kier molecular flexibility index (Phi) is 2.05. The molecule has 1 rings (SSSR count). The highest BCUT2D eigenvalue weighted by molar-refractivity contribution is 6.67. The van der Waals surface area contributed by atoms with Gasteiger partial charge in [0.1, 0.15) is 0 Å². The summed E-state index contributed by atoms with van der Waals surface area (Å²) in [5, 5.41) is 2.52. The molecule has 1 heterocycles. The molecule has 0 aromatic carbocycles. The first-order valence-electron chi connectivity index (χ1n) is 2.78. The molecular formula is C6H4ClNO3. The van der Waals surface area contributed by atoms with E-state index in [1.54, 1.807) is 0 Å². The van der Waals surface area contributed by atoms with Gasteiger partial charge < -0.3 is 4.52 Å². The van der Waals surface area contributed by atoms with Crippen molar-refractivity contribution in [3.8, 4) is 0 Å². The van der Waals surface area contributed by atoms with Gasteiger partial charge in [-0.15, -0.1) is 0 Å². The highest BCUT2D eigenvalue weighted by Crippen LogP contribution is 2.06. The number of carbonyl (C=O) groups is 2. The van der Waals surface area contributed by atoms with Crippen LogP contribution in [0.3, 0.4) is 0 Å². The predicted octanol–water partition coefficient (Wildman–Crippen LogP) is 1.26. The highest BCUT2D eigenvalue weighted by atomic mass is 35.5. The number of aromatic nitrogens is 1. The Morgan fingerprint density at radius 3 is 2.55 bits per heavy atom. The Bertz CT molecular complexity index is 276. The van der Waals surface area contributed by atoms with Crippen LogP contribution in [0, 0.1) is 0 Å². The number of nitrogens with zero attached hydrogens (tertiary/aromatic N) is 1. The average molecular weight is 174 g/mol. The third-order valence-corrected chi connectivity index (χ3v) is 1.25. The van der Waals surface area contributed by atoms with Crippen molar-refractivity contribution in [3.05, 3.63) is 17.5 Å². The molecule has 0 saturated carbocycles. The molecule has 0 aliphatic carbocycles. The summed E-state index contributed by atoms with van der Waals surface area (Å²) >= 11 is 5.05. The summed E-state index contributed by atoms with van der Waals surface area (Å²) in [6.45, 7) is 1.31. The van der Waals surface area contributed by atoms with Gasteiger partial charge in [0, 0.05) is 13.0 Å². The lowest BCUT2D eigenvalue weighted by atomic mass is 10.3. The van der Waals surface area contributed by atoms with Crippen LogP contribution in [0.5, 0.6) is 0 Å². The fourth-order valence-electron chi connectivity index (χ4n) is 0.534. The van der Waals surface area contributed by atoms with Crippen LogP contribution in [-0.2, 0) is 0 Å². The molecule has 0 atom stereocenters. The minimum absolute atomic E-state index is 0.0361. The Hall–Kier alpha value is -1.16. The van der Waals surface area contributed by atoms with Gasteiger partial charge >= 0.3 is 0 Å². The summed E-state index contributed by atoms with van der Waals surface area (Å²) in [6, 6.07) is 1.21. The zero-order valence-corrected chi connectivity index (χ0v) is 6.38. The van der Waals surface area contributed by atoms with Crippen LogP contribution in [0.25, 0.3) is 0 Å². The van der Waals surface area contributed by atoms with E-state index in [-0.39, 0.29) is 17.2 Å². The van der Waals surface area contributed by atoms with Crippen LogP contribution in [-0.4, -0.2) is 16.2 Å². The average Bonchev–Trinajstić information content (AvgIpc) is 2.33. The van der Waals surface area contributed by atoms with Crippen molar-refractivity contribution in [1.82, 2.24) is 5.16 Å². The van der Waals surface area contributed by atoms with E-state index in [2.05, 4.69) is 9.68 Å². The van der Waals surface area contributed by atoms with E-state index in [9.17, 15) is 9.59 Å². The summed E-state index contributed by atoms with van der Waals surface area (Å²) in [6.07, 6.45) is 0. The number of carbonyl (C=O) groups excluding carboxylic acids is 2. The second kappa shape index (κ2) is 2.84. The first kappa shape index (κ1) is 7.94. The van der Waals surface area contributed by atoms with Crippen LogP contribution in [0.2, 0.25) is 0 Å². The van der Waals surface area contributed by atoms with E-state index in [0.29, 0.717) is 0 Å². The van der Waals surface area contributed by atoms with E-state index in [0.717, 1.165) is 0 Å². The molecular weight excluding hydrogens is 170 g/mol. The molecule has 0 saturated heterocycles. The Morgan fingerprint density at radius 1 is 1.64 bits per heavy atom. The molecule has 0 spiro atoms.